The number of ether oxygens (including phenoxy) is 1. The molecule has 2 aromatic heterocycles. The van der Waals surface area contributed by atoms with E-state index < -0.39 is 0 Å². The van der Waals surface area contributed by atoms with Crippen molar-refractivity contribution in [2.45, 2.75) is 19.8 Å². The highest BCUT2D eigenvalue weighted by Gasteiger charge is 2.11. The van der Waals surface area contributed by atoms with Crippen molar-refractivity contribution in [1.29, 1.82) is 5.26 Å². The summed E-state index contributed by atoms with van der Waals surface area (Å²) in [7, 11) is 1.57. The molecule has 0 unspecified atom stereocenters. The zero-order chi connectivity index (χ0) is 13.7. The Morgan fingerprint density at radius 3 is 2.84 bits per heavy atom. The smallest absolute Gasteiger partial charge is 0.226 e. The lowest BCUT2D eigenvalue weighted by Crippen LogP contribution is -2.00. The van der Waals surface area contributed by atoms with Crippen LogP contribution in [0.1, 0.15) is 24.9 Å². The molecule has 0 spiro atoms. The second kappa shape index (κ2) is 5.91. The molecule has 0 aromatic carbocycles. The van der Waals surface area contributed by atoms with Crippen LogP contribution in [-0.2, 0) is 6.42 Å². The van der Waals surface area contributed by atoms with Crippen molar-refractivity contribution in [3.63, 3.8) is 0 Å². The van der Waals surface area contributed by atoms with Crippen LogP contribution >= 0.6 is 0 Å². The second-order valence-electron chi connectivity index (χ2n) is 3.98. The van der Waals surface area contributed by atoms with Crippen LogP contribution in [0.2, 0.25) is 0 Å². The van der Waals surface area contributed by atoms with E-state index in [2.05, 4.69) is 21.9 Å². The second-order valence-corrected chi connectivity index (χ2v) is 3.98. The van der Waals surface area contributed by atoms with Crippen molar-refractivity contribution in [3.05, 3.63) is 35.9 Å². The molecule has 0 bridgehead atoms. The Hall–Kier alpha value is -2.48. The number of hydrogen-bond donors (Lipinski definition) is 0. The fourth-order valence-electron chi connectivity index (χ4n) is 1.72. The maximum Gasteiger partial charge on any atom is 0.226 e. The van der Waals surface area contributed by atoms with E-state index in [1.54, 1.807) is 25.4 Å². The fraction of sp³-hybridized carbons (Fsp3) is 0.286. The van der Waals surface area contributed by atoms with Crippen molar-refractivity contribution in [3.8, 4) is 23.2 Å². The molecule has 2 rings (SSSR count). The van der Waals surface area contributed by atoms with Crippen LogP contribution in [0.15, 0.2) is 24.4 Å². The van der Waals surface area contributed by atoms with Gasteiger partial charge in [0.1, 0.15) is 17.6 Å². The summed E-state index contributed by atoms with van der Waals surface area (Å²) in [5.74, 6) is 1.24. The van der Waals surface area contributed by atoms with Gasteiger partial charge in [0.2, 0.25) is 5.88 Å². The van der Waals surface area contributed by atoms with Crippen LogP contribution in [0, 0.1) is 11.3 Å². The zero-order valence-corrected chi connectivity index (χ0v) is 10.9. The van der Waals surface area contributed by atoms with Gasteiger partial charge in [-0.05, 0) is 18.6 Å². The first kappa shape index (κ1) is 13.0. The average molecular weight is 254 g/mol. The van der Waals surface area contributed by atoms with E-state index in [9.17, 15) is 0 Å². The van der Waals surface area contributed by atoms with Crippen LogP contribution in [0.4, 0.5) is 0 Å². The molecule has 0 saturated carbocycles. The van der Waals surface area contributed by atoms with Gasteiger partial charge in [0.15, 0.2) is 0 Å². The van der Waals surface area contributed by atoms with Crippen molar-refractivity contribution in [2.75, 3.05) is 7.11 Å². The summed E-state index contributed by atoms with van der Waals surface area (Å²) in [5.41, 5.74) is 1.69. The molecule has 0 atom stereocenters. The first-order valence-corrected chi connectivity index (χ1v) is 6.06. The normalized spacial score (nSPS) is 9.95. The minimum atomic E-state index is 0.359. The molecule has 0 amide bonds. The number of pyridine rings is 1. The summed E-state index contributed by atoms with van der Waals surface area (Å²) < 4.78 is 5.29. The molecular weight excluding hydrogens is 240 g/mol. The Kier molecular flexibility index (Phi) is 4.04. The quantitative estimate of drug-likeness (QED) is 0.837. The molecule has 0 aliphatic rings. The molecular formula is C14H14N4O. The Bertz CT molecular complexity index is 619. The van der Waals surface area contributed by atoms with E-state index in [4.69, 9.17) is 10.00 Å². The summed E-state index contributed by atoms with van der Waals surface area (Å²) in [6, 6.07) is 7.25. The third-order valence-corrected chi connectivity index (χ3v) is 2.61. The van der Waals surface area contributed by atoms with Gasteiger partial charge in [-0.3, -0.25) is 0 Å². The SMILES string of the molecule is CCCc1ncc(-c2cccc(C#N)n2)c(OC)n1. The number of hydrogen-bond acceptors (Lipinski definition) is 5. The van der Waals surface area contributed by atoms with Gasteiger partial charge in [0.25, 0.3) is 0 Å². The van der Waals surface area contributed by atoms with Gasteiger partial charge in [-0.2, -0.15) is 10.2 Å². The Labute approximate surface area is 111 Å². The van der Waals surface area contributed by atoms with Crippen LogP contribution in [0.5, 0.6) is 5.88 Å². The van der Waals surface area contributed by atoms with Crippen molar-refractivity contribution in [2.24, 2.45) is 0 Å². The molecule has 19 heavy (non-hydrogen) atoms. The minimum Gasteiger partial charge on any atom is -0.480 e. The van der Waals surface area contributed by atoms with Gasteiger partial charge < -0.3 is 4.74 Å². The third-order valence-electron chi connectivity index (χ3n) is 2.61. The number of nitrogens with zero attached hydrogens (tertiary/aromatic N) is 4. The van der Waals surface area contributed by atoms with E-state index in [0.717, 1.165) is 18.7 Å². The van der Waals surface area contributed by atoms with E-state index in [1.165, 1.54) is 0 Å². The minimum absolute atomic E-state index is 0.359. The Morgan fingerprint density at radius 1 is 1.32 bits per heavy atom. The summed E-state index contributed by atoms with van der Waals surface area (Å²) >= 11 is 0. The van der Waals surface area contributed by atoms with Crippen LogP contribution in [0.3, 0.4) is 0 Å². The third kappa shape index (κ3) is 2.86. The molecule has 0 radical (unpaired) electrons. The van der Waals surface area contributed by atoms with Crippen LogP contribution in [0.25, 0.3) is 11.3 Å². The maximum absolute atomic E-state index is 8.87. The predicted octanol–water partition coefficient (Wildman–Crippen LogP) is 2.37. The van der Waals surface area contributed by atoms with E-state index >= 15 is 0 Å². The van der Waals surface area contributed by atoms with Gasteiger partial charge in [0, 0.05) is 12.6 Å². The van der Waals surface area contributed by atoms with E-state index in [1.807, 2.05) is 12.1 Å². The lowest BCUT2D eigenvalue weighted by atomic mass is 10.2. The highest BCUT2D eigenvalue weighted by molar-refractivity contribution is 5.64. The number of nitriles is 1. The molecule has 0 saturated heterocycles. The van der Waals surface area contributed by atoms with Gasteiger partial charge in [-0.15, -0.1) is 0 Å². The van der Waals surface area contributed by atoms with Crippen LogP contribution in [-0.4, -0.2) is 22.1 Å². The molecule has 96 valence electrons. The fourth-order valence-corrected chi connectivity index (χ4v) is 1.72. The van der Waals surface area contributed by atoms with Gasteiger partial charge in [0.05, 0.1) is 18.4 Å². The summed E-state index contributed by atoms with van der Waals surface area (Å²) in [6.07, 6.45) is 3.48. The Morgan fingerprint density at radius 2 is 2.16 bits per heavy atom. The van der Waals surface area contributed by atoms with Gasteiger partial charge in [-0.25, -0.2) is 9.97 Å². The van der Waals surface area contributed by atoms with Gasteiger partial charge >= 0.3 is 0 Å². The largest absolute Gasteiger partial charge is 0.480 e. The van der Waals surface area contributed by atoms with Crippen molar-refractivity contribution < 1.29 is 4.74 Å². The van der Waals surface area contributed by atoms with Gasteiger partial charge in [-0.1, -0.05) is 13.0 Å². The predicted molar refractivity (Wildman–Crippen MR) is 70.5 cm³/mol. The lowest BCUT2D eigenvalue weighted by Gasteiger charge is -2.08. The molecule has 5 nitrogen and oxygen atoms in total. The Balaban J connectivity index is 2.46. The van der Waals surface area contributed by atoms with E-state index in [0.29, 0.717) is 22.8 Å². The highest BCUT2D eigenvalue weighted by Crippen LogP contribution is 2.26. The molecule has 2 aromatic rings. The van der Waals surface area contributed by atoms with Crippen molar-refractivity contribution in [1.82, 2.24) is 15.0 Å². The molecule has 0 fully saturated rings. The monoisotopic (exact) mass is 254 g/mol. The first-order valence-electron chi connectivity index (χ1n) is 6.06. The topological polar surface area (TPSA) is 71.7 Å². The summed E-state index contributed by atoms with van der Waals surface area (Å²) in [6.45, 7) is 2.07. The van der Waals surface area contributed by atoms with Crippen molar-refractivity contribution >= 4 is 0 Å². The summed E-state index contributed by atoms with van der Waals surface area (Å²) in [5, 5.41) is 8.87. The number of aryl methyl sites for hydroxylation is 1. The number of aromatic nitrogens is 3. The number of rotatable bonds is 4. The van der Waals surface area contributed by atoms with E-state index in [-0.39, 0.29) is 0 Å². The molecule has 5 heteroatoms. The molecule has 2 heterocycles. The number of methoxy groups -OCH3 is 1. The first-order chi connectivity index (χ1) is 9.28. The summed E-state index contributed by atoms with van der Waals surface area (Å²) in [4.78, 5) is 12.9. The molecule has 0 aliphatic heterocycles. The van der Waals surface area contributed by atoms with Crippen LogP contribution < -0.4 is 4.74 Å². The maximum atomic E-state index is 8.87. The highest BCUT2D eigenvalue weighted by atomic mass is 16.5. The zero-order valence-electron chi connectivity index (χ0n) is 10.9. The average Bonchev–Trinajstić information content (AvgIpc) is 2.47. The lowest BCUT2D eigenvalue weighted by molar-refractivity contribution is 0.396. The molecule has 0 N–H and O–H groups in total. The molecule has 0 aliphatic carbocycles. The standard InChI is InChI=1S/C14H14N4O/c1-3-5-13-16-9-11(14(18-13)19-2)12-7-4-6-10(8-15)17-12/h4,6-7,9H,3,5H2,1-2H3.